The van der Waals surface area contributed by atoms with Gasteiger partial charge in [-0.25, -0.2) is 0 Å². The van der Waals surface area contributed by atoms with Crippen molar-refractivity contribution in [3.63, 3.8) is 0 Å². The van der Waals surface area contributed by atoms with Crippen LogP contribution in [-0.2, 0) is 0 Å². The lowest BCUT2D eigenvalue weighted by Crippen LogP contribution is -2.29. The first kappa shape index (κ1) is 19.4. The van der Waals surface area contributed by atoms with Crippen molar-refractivity contribution in [2.75, 3.05) is 4.90 Å². The van der Waals surface area contributed by atoms with Gasteiger partial charge in [-0.3, -0.25) is 14.5 Å². The molecule has 148 valence electrons. The SMILES string of the molecule is O=C1c2oc3ccccc3c(=O)c2C(c2ccc(Cl)c(Cl)c2)N1c1cccc(Br)c1. The van der Waals surface area contributed by atoms with Gasteiger partial charge in [0.05, 0.1) is 27.0 Å². The van der Waals surface area contributed by atoms with Crippen LogP contribution in [0.3, 0.4) is 0 Å². The summed E-state index contributed by atoms with van der Waals surface area (Å²) in [6, 6.07) is 18.6. The minimum atomic E-state index is -0.697. The van der Waals surface area contributed by atoms with E-state index >= 15 is 0 Å². The lowest BCUT2D eigenvalue weighted by molar-refractivity contribution is 0.0971. The molecule has 4 aromatic rings. The standard InChI is InChI=1S/C23H12BrCl2NO3/c24-13-4-3-5-14(11-13)27-20(12-8-9-16(25)17(26)10-12)19-21(28)15-6-1-2-7-18(15)30-22(19)23(27)29/h1-11,20H. The lowest BCUT2D eigenvalue weighted by Gasteiger charge is -2.25. The fraction of sp³-hybridized carbons (Fsp3) is 0.0435. The van der Waals surface area contributed by atoms with Crippen molar-refractivity contribution in [2.24, 2.45) is 0 Å². The van der Waals surface area contributed by atoms with Crippen LogP contribution < -0.4 is 10.3 Å². The van der Waals surface area contributed by atoms with E-state index < -0.39 is 6.04 Å². The predicted octanol–water partition coefficient (Wildman–Crippen LogP) is 6.61. The molecule has 1 aliphatic heterocycles. The molecule has 0 N–H and O–H groups in total. The zero-order valence-electron chi connectivity index (χ0n) is 15.2. The highest BCUT2D eigenvalue weighted by Gasteiger charge is 2.43. The number of hydrogen-bond acceptors (Lipinski definition) is 3. The van der Waals surface area contributed by atoms with Crippen molar-refractivity contribution < 1.29 is 9.21 Å². The van der Waals surface area contributed by atoms with Gasteiger partial charge in [-0.2, -0.15) is 0 Å². The van der Waals surface area contributed by atoms with Crippen LogP contribution in [-0.4, -0.2) is 5.91 Å². The lowest BCUT2D eigenvalue weighted by atomic mass is 9.98. The molecule has 1 aromatic heterocycles. The van der Waals surface area contributed by atoms with Crippen LogP contribution in [0.1, 0.15) is 27.7 Å². The third-order valence-electron chi connectivity index (χ3n) is 5.12. The molecule has 0 aliphatic carbocycles. The first-order valence-electron chi connectivity index (χ1n) is 9.05. The Morgan fingerprint density at radius 2 is 1.70 bits per heavy atom. The summed E-state index contributed by atoms with van der Waals surface area (Å²) in [5.41, 5.74) is 1.71. The highest BCUT2D eigenvalue weighted by Crippen LogP contribution is 2.42. The quantitative estimate of drug-likeness (QED) is 0.311. The molecule has 2 heterocycles. The summed E-state index contributed by atoms with van der Waals surface area (Å²) in [5, 5.41) is 1.16. The molecular weight excluding hydrogens is 489 g/mol. The summed E-state index contributed by atoms with van der Waals surface area (Å²) in [5.74, 6) is -0.350. The smallest absolute Gasteiger partial charge is 0.295 e. The minimum absolute atomic E-state index is 0.0368. The Morgan fingerprint density at radius 3 is 2.47 bits per heavy atom. The molecule has 0 saturated heterocycles. The van der Waals surface area contributed by atoms with Gasteiger partial charge >= 0.3 is 0 Å². The molecular formula is C23H12BrCl2NO3. The number of carbonyl (C=O) groups excluding carboxylic acids is 1. The number of fused-ring (bicyclic) bond motifs is 2. The topological polar surface area (TPSA) is 50.5 Å². The molecule has 30 heavy (non-hydrogen) atoms. The number of amides is 1. The largest absolute Gasteiger partial charge is 0.450 e. The number of halogens is 3. The molecule has 0 spiro atoms. The average Bonchev–Trinajstić information content (AvgIpc) is 3.03. The maximum absolute atomic E-state index is 13.5. The molecule has 4 nitrogen and oxygen atoms in total. The molecule has 1 amide bonds. The molecule has 5 rings (SSSR count). The average molecular weight is 501 g/mol. The second-order valence-corrected chi connectivity index (χ2v) is 8.63. The van der Waals surface area contributed by atoms with E-state index in [-0.39, 0.29) is 22.7 Å². The molecule has 1 unspecified atom stereocenters. The van der Waals surface area contributed by atoms with Crippen LogP contribution in [0.15, 0.2) is 80.4 Å². The number of anilines is 1. The van der Waals surface area contributed by atoms with Gasteiger partial charge in [-0.15, -0.1) is 0 Å². The van der Waals surface area contributed by atoms with E-state index in [4.69, 9.17) is 27.6 Å². The second kappa shape index (κ2) is 7.27. The van der Waals surface area contributed by atoms with E-state index in [1.54, 1.807) is 47.4 Å². The summed E-state index contributed by atoms with van der Waals surface area (Å²) in [6.07, 6.45) is 0. The van der Waals surface area contributed by atoms with Crippen molar-refractivity contribution >= 4 is 61.7 Å². The third kappa shape index (κ3) is 2.97. The van der Waals surface area contributed by atoms with Crippen molar-refractivity contribution in [1.29, 1.82) is 0 Å². The Balaban J connectivity index is 1.83. The van der Waals surface area contributed by atoms with Gasteiger partial charge in [0.2, 0.25) is 5.76 Å². The number of benzene rings is 3. The number of hydrogen-bond donors (Lipinski definition) is 0. The summed E-state index contributed by atoms with van der Waals surface area (Å²) >= 11 is 15.8. The number of rotatable bonds is 2. The van der Waals surface area contributed by atoms with Gasteiger partial charge in [0.1, 0.15) is 5.58 Å². The Labute approximate surface area is 189 Å². The van der Waals surface area contributed by atoms with Crippen molar-refractivity contribution in [3.05, 3.63) is 108 Å². The molecule has 0 saturated carbocycles. The maximum Gasteiger partial charge on any atom is 0.295 e. The molecule has 7 heteroatoms. The molecule has 3 aromatic carbocycles. The fourth-order valence-corrected chi connectivity index (χ4v) is 4.50. The van der Waals surface area contributed by atoms with E-state index in [2.05, 4.69) is 15.9 Å². The zero-order valence-corrected chi connectivity index (χ0v) is 18.3. The highest BCUT2D eigenvalue weighted by atomic mass is 79.9. The van der Waals surface area contributed by atoms with Crippen molar-refractivity contribution in [1.82, 2.24) is 0 Å². The van der Waals surface area contributed by atoms with E-state index in [0.29, 0.717) is 32.3 Å². The molecule has 0 bridgehead atoms. The van der Waals surface area contributed by atoms with Gasteiger partial charge in [0.15, 0.2) is 5.43 Å². The minimum Gasteiger partial charge on any atom is -0.450 e. The van der Waals surface area contributed by atoms with Gasteiger partial charge in [-0.05, 0) is 48.0 Å². The highest BCUT2D eigenvalue weighted by molar-refractivity contribution is 9.10. The van der Waals surface area contributed by atoms with Gasteiger partial charge in [-0.1, -0.05) is 63.4 Å². The first-order chi connectivity index (χ1) is 14.5. The summed E-state index contributed by atoms with van der Waals surface area (Å²) in [4.78, 5) is 28.5. The van der Waals surface area contributed by atoms with E-state index in [1.807, 2.05) is 24.3 Å². The first-order valence-corrected chi connectivity index (χ1v) is 10.6. The second-order valence-electron chi connectivity index (χ2n) is 6.90. The Hall–Kier alpha value is -2.60. The van der Waals surface area contributed by atoms with E-state index in [1.165, 1.54) is 0 Å². The van der Waals surface area contributed by atoms with Crippen LogP contribution >= 0.6 is 39.1 Å². The summed E-state index contributed by atoms with van der Waals surface area (Å²) in [7, 11) is 0. The van der Waals surface area contributed by atoms with E-state index in [9.17, 15) is 9.59 Å². The molecule has 1 aliphatic rings. The van der Waals surface area contributed by atoms with Gasteiger partial charge in [0.25, 0.3) is 5.91 Å². The van der Waals surface area contributed by atoms with Crippen LogP contribution in [0.25, 0.3) is 11.0 Å². The Kier molecular flexibility index (Phi) is 4.69. The molecule has 1 atom stereocenters. The van der Waals surface area contributed by atoms with Crippen molar-refractivity contribution in [3.8, 4) is 0 Å². The van der Waals surface area contributed by atoms with Gasteiger partial charge in [0, 0.05) is 10.2 Å². The molecule has 0 fully saturated rings. The summed E-state index contributed by atoms with van der Waals surface area (Å²) in [6.45, 7) is 0. The van der Waals surface area contributed by atoms with E-state index in [0.717, 1.165) is 4.47 Å². The summed E-state index contributed by atoms with van der Waals surface area (Å²) < 4.78 is 6.73. The number of para-hydroxylation sites is 1. The monoisotopic (exact) mass is 499 g/mol. The molecule has 0 radical (unpaired) electrons. The normalized spacial score (nSPS) is 15.6. The third-order valence-corrected chi connectivity index (χ3v) is 6.36. The maximum atomic E-state index is 13.5. The Morgan fingerprint density at radius 1 is 0.900 bits per heavy atom. The zero-order chi connectivity index (χ0) is 21.0. The number of nitrogens with zero attached hydrogens (tertiary/aromatic N) is 1. The van der Waals surface area contributed by atoms with Crippen molar-refractivity contribution in [2.45, 2.75) is 6.04 Å². The number of carbonyl (C=O) groups is 1. The predicted molar refractivity (Wildman–Crippen MR) is 122 cm³/mol. The van der Waals surface area contributed by atoms with Crippen LogP contribution in [0.5, 0.6) is 0 Å². The van der Waals surface area contributed by atoms with Crippen LogP contribution in [0.2, 0.25) is 10.0 Å². The van der Waals surface area contributed by atoms with Gasteiger partial charge < -0.3 is 4.42 Å². The van der Waals surface area contributed by atoms with Crippen LogP contribution in [0.4, 0.5) is 5.69 Å². The Bertz CT molecular complexity index is 1400. The van der Waals surface area contributed by atoms with Crippen LogP contribution in [0, 0.1) is 0 Å². The fourth-order valence-electron chi connectivity index (χ4n) is 3.81.